The van der Waals surface area contributed by atoms with Crippen LogP contribution >= 0.6 is 22.9 Å². The average Bonchev–Trinajstić information content (AvgIpc) is 3.99. The Bertz CT molecular complexity index is 2770. The maximum Gasteiger partial charge on any atom is 0.252 e. The van der Waals surface area contributed by atoms with E-state index >= 15 is 0 Å². The first-order valence-corrected chi connectivity index (χ1v) is 25.7. The number of β-amino-alcohol motifs (C(OH)–C–C–N with tert-alkyl or cyclic N) is 1. The molecule has 0 radical (unpaired) electrons. The number of aromatic nitrogens is 4. The van der Waals surface area contributed by atoms with Crippen LogP contribution in [0.1, 0.15) is 113 Å². The van der Waals surface area contributed by atoms with Crippen LogP contribution in [0.25, 0.3) is 32.8 Å². The van der Waals surface area contributed by atoms with Crippen molar-refractivity contribution in [2.75, 3.05) is 18.4 Å². The van der Waals surface area contributed by atoms with Crippen molar-refractivity contribution in [2.24, 2.45) is 5.41 Å². The SMILES string of the molecule is Cc1ncsc1-c1ccc([C@H](C)NC(=O)[C@@H]2C[C@@H](O)CN2C(=O)C(NC(=O)CCCCCCCCCNC(=O)c2cncc(Nc3ncc(Cl)c(-c4cccc(-c5ccccc5)c4)n3)c2)C(C)(C)C)cc1. The van der Waals surface area contributed by atoms with E-state index in [-0.39, 0.29) is 49.1 Å². The van der Waals surface area contributed by atoms with Crippen molar-refractivity contribution < 1.29 is 24.3 Å². The minimum Gasteiger partial charge on any atom is -0.391 e. The summed E-state index contributed by atoms with van der Waals surface area (Å²) in [4.78, 5) is 74.2. The number of thiazole rings is 1. The first kappa shape index (κ1) is 52.3. The van der Waals surface area contributed by atoms with Gasteiger partial charge in [0.15, 0.2) is 0 Å². The number of unbranched alkanes of at least 4 members (excludes halogenated alkanes) is 6. The highest BCUT2D eigenvalue weighted by atomic mass is 35.5. The standard InChI is InChI=1S/C55H64ClN9O5S/c1-35(37-22-24-39(25-23-37)49-36(2)60-34-71-49)61-52(69)46-29-44(66)33-65(46)53(70)50(55(3,4)5)63-47(67)21-14-9-7-6-8-10-15-26-58-51(68)42-28-43(31-57-30-42)62-54-59-32-45(56)48(64-54)41-20-16-19-40(27-41)38-17-12-11-13-18-38/h11-13,16-20,22-25,27-28,30-32,34-35,44,46,50,66H,6-10,14-15,21,26,29,33H2,1-5H3,(H,58,68)(H,61,69)(H,63,67)(H,59,62,64)/t35-,44+,46-,50?/m0/s1. The predicted octanol–water partition coefficient (Wildman–Crippen LogP) is 10.3. The number of hydrogen-bond donors (Lipinski definition) is 5. The lowest BCUT2D eigenvalue weighted by Gasteiger charge is -2.35. The second-order valence-corrected chi connectivity index (χ2v) is 20.5. The Morgan fingerprint density at radius 1 is 0.817 bits per heavy atom. The van der Waals surface area contributed by atoms with E-state index in [4.69, 9.17) is 11.6 Å². The molecule has 0 aliphatic carbocycles. The molecule has 14 nitrogen and oxygen atoms in total. The number of anilines is 2. The van der Waals surface area contributed by atoms with Gasteiger partial charge in [-0.2, -0.15) is 0 Å². The molecule has 6 aromatic rings. The number of benzene rings is 3. The molecule has 3 aromatic carbocycles. The van der Waals surface area contributed by atoms with E-state index in [1.54, 1.807) is 29.8 Å². The number of amides is 4. The van der Waals surface area contributed by atoms with Crippen LogP contribution < -0.4 is 21.3 Å². The fourth-order valence-electron chi connectivity index (χ4n) is 8.72. The molecule has 4 heterocycles. The van der Waals surface area contributed by atoms with Gasteiger partial charge < -0.3 is 31.3 Å². The molecule has 1 fully saturated rings. The van der Waals surface area contributed by atoms with E-state index in [0.29, 0.717) is 40.9 Å². The second kappa shape index (κ2) is 24.5. The van der Waals surface area contributed by atoms with Gasteiger partial charge >= 0.3 is 0 Å². The van der Waals surface area contributed by atoms with Gasteiger partial charge in [-0.25, -0.2) is 15.0 Å². The van der Waals surface area contributed by atoms with Gasteiger partial charge in [-0.15, -0.1) is 11.3 Å². The van der Waals surface area contributed by atoms with E-state index < -0.39 is 23.6 Å². The fourth-order valence-corrected chi connectivity index (χ4v) is 9.73. The average molecular weight is 999 g/mol. The summed E-state index contributed by atoms with van der Waals surface area (Å²) in [5, 5.41) is 23.2. The van der Waals surface area contributed by atoms with Crippen LogP contribution in [0.2, 0.25) is 5.02 Å². The summed E-state index contributed by atoms with van der Waals surface area (Å²) < 4.78 is 0. The summed E-state index contributed by atoms with van der Waals surface area (Å²) in [5.41, 5.74) is 8.66. The molecular formula is C55H64ClN9O5S. The third-order valence-electron chi connectivity index (χ3n) is 12.7. The highest BCUT2D eigenvalue weighted by molar-refractivity contribution is 7.13. The fraction of sp³-hybridized carbons (Fsp3) is 0.382. The van der Waals surface area contributed by atoms with Gasteiger partial charge in [0.2, 0.25) is 23.7 Å². The summed E-state index contributed by atoms with van der Waals surface area (Å²) in [6.45, 7) is 10.1. The predicted molar refractivity (Wildman–Crippen MR) is 281 cm³/mol. The first-order chi connectivity index (χ1) is 34.1. The van der Waals surface area contributed by atoms with Crippen LogP contribution in [0.3, 0.4) is 0 Å². The Morgan fingerprint density at radius 3 is 2.24 bits per heavy atom. The quantitative estimate of drug-likeness (QED) is 0.0434. The lowest BCUT2D eigenvalue weighted by atomic mass is 9.85. The number of nitrogens with one attached hydrogen (secondary N) is 4. The number of rotatable bonds is 21. The molecule has 0 spiro atoms. The number of likely N-dealkylation sites (tertiary alicyclic amines) is 1. The zero-order valence-corrected chi connectivity index (χ0v) is 42.7. The number of aliphatic hydroxyl groups is 1. The number of nitrogens with zero attached hydrogens (tertiary/aromatic N) is 5. The molecule has 7 rings (SSSR count). The zero-order valence-electron chi connectivity index (χ0n) is 41.1. The summed E-state index contributed by atoms with van der Waals surface area (Å²) >= 11 is 8.14. The van der Waals surface area contributed by atoms with E-state index in [2.05, 4.69) is 53.3 Å². The molecule has 0 saturated carbocycles. The van der Waals surface area contributed by atoms with Crippen LogP contribution in [0, 0.1) is 12.3 Å². The van der Waals surface area contributed by atoms with E-state index in [9.17, 15) is 24.3 Å². The molecule has 1 saturated heterocycles. The Balaban J connectivity index is 0.791. The number of hydrogen-bond acceptors (Lipinski definition) is 11. The molecule has 1 unspecified atom stereocenters. The molecule has 372 valence electrons. The number of halogens is 1. The van der Waals surface area contributed by atoms with E-state index in [0.717, 1.165) is 76.9 Å². The summed E-state index contributed by atoms with van der Waals surface area (Å²) in [6.07, 6.45) is 10.5. The molecule has 4 amide bonds. The number of pyridine rings is 1. The highest BCUT2D eigenvalue weighted by Gasteiger charge is 2.44. The molecule has 16 heteroatoms. The maximum absolute atomic E-state index is 14.1. The molecule has 5 N–H and O–H groups in total. The van der Waals surface area contributed by atoms with Gasteiger partial charge in [0.25, 0.3) is 5.91 Å². The highest BCUT2D eigenvalue weighted by Crippen LogP contribution is 2.32. The van der Waals surface area contributed by atoms with Crippen molar-refractivity contribution >= 4 is 58.2 Å². The van der Waals surface area contributed by atoms with Crippen LogP contribution in [-0.2, 0) is 14.4 Å². The second-order valence-electron chi connectivity index (χ2n) is 19.3. The van der Waals surface area contributed by atoms with Gasteiger partial charge in [0.05, 0.1) is 62.6 Å². The smallest absolute Gasteiger partial charge is 0.252 e. The first-order valence-electron chi connectivity index (χ1n) is 24.4. The minimum atomic E-state index is -0.874. The van der Waals surface area contributed by atoms with Crippen LogP contribution in [0.15, 0.2) is 109 Å². The van der Waals surface area contributed by atoms with Crippen molar-refractivity contribution in [3.8, 4) is 32.8 Å². The number of carbonyl (C=O) groups excluding carboxylic acids is 4. The molecule has 3 aromatic heterocycles. The Morgan fingerprint density at radius 2 is 1.52 bits per heavy atom. The Hall–Kier alpha value is -6.55. The number of carbonyl (C=O) groups is 4. The van der Waals surface area contributed by atoms with Gasteiger partial charge in [-0.1, -0.05) is 137 Å². The molecule has 0 bridgehead atoms. The lowest BCUT2D eigenvalue weighted by Crippen LogP contribution is -2.57. The third kappa shape index (κ3) is 14.3. The van der Waals surface area contributed by atoms with Crippen LogP contribution in [0.4, 0.5) is 11.6 Å². The molecule has 71 heavy (non-hydrogen) atoms. The van der Waals surface area contributed by atoms with Gasteiger partial charge in [-0.3, -0.25) is 24.2 Å². The summed E-state index contributed by atoms with van der Waals surface area (Å²) in [7, 11) is 0. The monoisotopic (exact) mass is 997 g/mol. The van der Waals surface area contributed by atoms with Crippen molar-refractivity contribution in [2.45, 2.75) is 117 Å². The van der Waals surface area contributed by atoms with E-state index in [1.807, 2.05) is 107 Å². The molecule has 1 aliphatic heterocycles. The number of aryl methyl sites for hydroxylation is 1. The van der Waals surface area contributed by atoms with Crippen molar-refractivity contribution in [1.82, 2.24) is 40.8 Å². The van der Waals surface area contributed by atoms with Crippen LogP contribution in [0.5, 0.6) is 0 Å². The summed E-state index contributed by atoms with van der Waals surface area (Å²) in [6, 6.07) is 25.7. The minimum absolute atomic E-state index is 0.0162. The van der Waals surface area contributed by atoms with Gasteiger partial charge in [0.1, 0.15) is 12.1 Å². The maximum atomic E-state index is 14.1. The van der Waals surface area contributed by atoms with Crippen LogP contribution in [-0.4, -0.2) is 84.8 Å². The number of aliphatic hydroxyl groups excluding tert-OH is 1. The molecule has 4 atom stereocenters. The normalized spacial score (nSPS) is 15.5. The molecule has 1 aliphatic rings. The van der Waals surface area contributed by atoms with Crippen molar-refractivity contribution in [3.05, 3.63) is 131 Å². The largest absolute Gasteiger partial charge is 0.391 e. The Kier molecular flexibility index (Phi) is 18.1. The molecular weight excluding hydrogens is 934 g/mol. The Labute approximate surface area is 425 Å². The topological polar surface area (TPSA) is 191 Å². The van der Waals surface area contributed by atoms with Gasteiger partial charge in [-0.05, 0) is 66.5 Å². The third-order valence-corrected chi connectivity index (χ3v) is 13.9. The summed E-state index contributed by atoms with van der Waals surface area (Å²) in [5.74, 6) is -0.838. The van der Waals surface area contributed by atoms with Gasteiger partial charge in [0, 0.05) is 37.7 Å². The van der Waals surface area contributed by atoms with E-state index in [1.165, 1.54) is 11.1 Å². The van der Waals surface area contributed by atoms with Crippen molar-refractivity contribution in [1.29, 1.82) is 0 Å². The lowest BCUT2D eigenvalue weighted by molar-refractivity contribution is -0.144. The zero-order chi connectivity index (χ0) is 50.5. The van der Waals surface area contributed by atoms with Crippen molar-refractivity contribution in [3.63, 3.8) is 0 Å².